The number of hydrogen-bond donors (Lipinski definition) is 2. The van der Waals surface area contributed by atoms with Crippen molar-refractivity contribution in [2.75, 3.05) is 6.54 Å². The standard InChI is InChI=1S/C16H25NO3/c18-15(12-3-1-2-4-13(12)16(19)20)17-9-14(10-5-6-10)11-7-8-11/h10-14H,1-9H2,(H,17,18)(H,19,20). The zero-order chi connectivity index (χ0) is 14.1. The summed E-state index contributed by atoms with van der Waals surface area (Å²) in [5, 5.41) is 12.3. The molecule has 0 heterocycles. The van der Waals surface area contributed by atoms with Crippen LogP contribution in [0, 0.1) is 29.6 Å². The van der Waals surface area contributed by atoms with E-state index in [1.54, 1.807) is 0 Å². The van der Waals surface area contributed by atoms with Crippen LogP contribution in [0.25, 0.3) is 0 Å². The average molecular weight is 279 g/mol. The first-order valence-corrected chi connectivity index (χ1v) is 8.17. The van der Waals surface area contributed by atoms with E-state index in [-0.39, 0.29) is 11.8 Å². The maximum atomic E-state index is 12.3. The van der Waals surface area contributed by atoms with Crippen LogP contribution in [-0.4, -0.2) is 23.5 Å². The molecule has 20 heavy (non-hydrogen) atoms. The highest BCUT2D eigenvalue weighted by Crippen LogP contribution is 2.48. The number of carbonyl (C=O) groups excluding carboxylic acids is 1. The molecule has 3 rings (SSSR count). The zero-order valence-electron chi connectivity index (χ0n) is 12.0. The predicted octanol–water partition coefficient (Wildman–Crippen LogP) is 2.43. The van der Waals surface area contributed by atoms with Crippen LogP contribution < -0.4 is 5.32 Å². The van der Waals surface area contributed by atoms with E-state index < -0.39 is 11.9 Å². The summed E-state index contributed by atoms with van der Waals surface area (Å²) in [6.45, 7) is 0.775. The highest BCUT2D eigenvalue weighted by molar-refractivity contribution is 5.84. The number of rotatable bonds is 6. The van der Waals surface area contributed by atoms with E-state index in [1.165, 1.54) is 25.7 Å². The molecule has 3 fully saturated rings. The van der Waals surface area contributed by atoms with Gasteiger partial charge in [0.2, 0.25) is 5.91 Å². The molecule has 0 aliphatic heterocycles. The van der Waals surface area contributed by atoms with Gasteiger partial charge in [-0.15, -0.1) is 0 Å². The van der Waals surface area contributed by atoms with Crippen molar-refractivity contribution in [3.8, 4) is 0 Å². The lowest BCUT2D eigenvalue weighted by molar-refractivity contribution is -0.149. The van der Waals surface area contributed by atoms with Crippen LogP contribution in [0.5, 0.6) is 0 Å². The Balaban J connectivity index is 1.53. The first-order chi connectivity index (χ1) is 9.66. The molecule has 3 aliphatic carbocycles. The smallest absolute Gasteiger partial charge is 0.307 e. The molecule has 112 valence electrons. The molecule has 4 nitrogen and oxygen atoms in total. The lowest BCUT2D eigenvalue weighted by atomic mass is 9.78. The van der Waals surface area contributed by atoms with Gasteiger partial charge in [0.15, 0.2) is 0 Å². The Morgan fingerprint density at radius 2 is 1.50 bits per heavy atom. The van der Waals surface area contributed by atoms with E-state index in [1.807, 2.05) is 0 Å². The molecule has 3 saturated carbocycles. The number of amides is 1. The number of nitrogens with one attached hydrogen (secondary N) is 1. The van der Waals surface area contributed by atoms with Gasteiger partial charge in [0.25, 0.3) is 0 Å². The van der Waals surface area contributed by atoms with Gasteiger partial charge in [-0.05, 0) is 56.3 Å². The molecule has 4 heteroatoms. The fraction of sp³-hybridized carbons (Fsp3) is 0.875. The monoisotopic (exact) mass is 279 g/mol. The summed E-state index contributed by atoms with van der Waals surface area (Å²) >= 11 is 0. The molecule has 0 radical (unpaired) electrons. The second kappa shape index (κ2) is 5.74. The van der Waals surface area contributed by atoms with Gasteiger partial charge in [0, 0.05) is 6.54 Å². The lowest BCUT2D eigenvalue weighted by Gasteiger charge is -2.28. The molecule has 2 atom stereocenters. The van der Waals surface area contributed by atoms with Gasteiger partial charge >= 0.3 is 5.97 Å². The van der Waals surface area contributed by atoms with Crippen molar-refractivity contribution in [2.45, 2.75) is 51.4 Å². The van der Waals surface area contributed by atoms with Gasteiger partial charge in [-0.3, -0.25) is 9.59 Å². The van der Waals surface area contributed by atoms with Crippen molar-refractivity contribution in [1.29, 1.82) is 0 Å². The molecule has 3 aliphatic rings. The van der Waals surface area contributed by atoms with E-state index in [4.69, 9.17) is 0 Å². The van der Waals surface area contributed by atoms with Crippen molar-refractivity contribution >= 4 is 11.9 Å². The Morgan fingerprint density at radius 1 is 0.950 bits per heavy atom. The van der Waals surface area contributed by atoms with Crippen molar-refractivity contribution in [3.63, 3.8) is 0 Å². The molecule has 0 aromatic heterocycles. The molecule has 0 aromatic rings. The third-order valence-electron chi connectivity index (χ3n) is 5.39. The van der Waals surface area contributed by atoms with Crippen molar-refractivity contribution in [2.24, 2.45) is 29.6 Å². The van der Waals surface area contributed by atoms with E-state index >= 15 is 0 Å². The minimum atomic E-state index is -0.800. The Morgan fingerprint density at radius 3 is 2.00 bits per heavy atom. The molecule has 2 N–H and O–H groups in total. The van der Waals surface area contributed by atoms with Crippen molar-refractivity contribution < 1.29 is 14.7 Å². The van der Waals surface area contributed by atoms with Crippen LogP contribution >= 0.6 is 0 Å². The zero-order valence-corrected chi connectivity index (χ0v) is 12.0. The van der Waals surface area contributed by atoms with Gasteiger partial charge < -0.3 is 10.4 Å². The van der Waals surface area contributed by atoms with E-state index in [0.29, 0.717) is 12.3 Å². The second-order valence-corrected chi connectivity index (χ2v) is 6.92. The quantitative estimate of drug-likeness (QED) is 0.784. The van der Waals surface area contributed by atoms with Crippen LogP contribution in [-0.2, 0) is 9.59 Å². The van der Waals surface area contributed by atoms with E-state index in [2.05, 4.69) is 5.32 Å². The fourth-order valence-corrected chi connectivity index (χ4v) is 3.86. The minimum absolute atomic E-state index is 0.0107. The highest BCUT2D eigenvalue weighted by atomic mass is 16.4. The summed E-state index contributed by atoms with van der Waals surface area (Å²) in [6.07, 6.45) is 8.58. The van der Waals surface area contributed by atoms with Gasteiger partial charge in [0.1, 0.15) is 0 Å². The number of aliphatic carboxylic acids is 1. The number of carbonyl (C=O) groups is 2. The Bertz CT molecular complexity index is 375. The third-order valence-corrected chi connectivity index (χ3v) is 5.39. The highest BCUT2D eigenvalue weighted by Gasteiger charge is 2.42. The molecular formula is C16H25NO3. The first kappa shape index (κ1) is 13.9. The molecule has 1 amide bonds. The summed E-state index contributed by atoms with van der Waals surface area (Å²) in [4.78, 5) is 23.6. The Hall–Kier alpha value is -1.06. The topological polar surface area (TPSA) is 66.4 Å². The number of carboxylic acid groups (broad SMARTS) is 1. The molecule has 0 bridgehead atoms. The minimum Gasteiger partial charge on any atom is -0.481 e. The van der Waals surface area contributed by atoms with Crippen molar-refractivity contribution in [1.82, 2.24) is 5.32 Å². The maximum Gasteiger partial charge on any atom is 0.307 e. The molecule has 0 spiro atoms. The Labute approximate surface area is 120 Å². The SMILES string of the molecule is O=C(O)C1CCCCC1C(=O)NCC(C1CC1)C1CC1. The largest absolute Gasteiger partial charge is 0.481 e. The second-order valence-electron chi connectivity index (χ2n) is 6.92. The molecule has 0 saturated heterocycles. The fourth-order valence-electron chi connectivity index (χ4n) is 3.86. The van der Waals surface area contributed by atoms with Crippen molar-refractivity contribution in [3.05, 3.63) is 0 Å². The lowest BCUT2D eigenvalue weighted by Crippen LogP contribution is -2.41. The Kier molecular flexibility index (Phi) is 3.99. The molecular weight excluding hydrogens is 254 g/mol. The van der Waals surface area contributed by atoms with Crippen LogP contribution in [0.3, 0.4) is 0 Å². The van der Waals surface area contributed by atoms with Crippen LogP contribution in [0.1, 0.15) is 51.4 Å². The summed E-state index contributed by atoms with van der Waals surface area (Å²) in [7, 11) is 0. The summed E-state index contributed by atoms with van der Waals surface area (Å²) in [5.74, 6) is 0.721. The summed E-state index contributed by atoms with van der Waals surface area (Å²) in [6, 6.07) is 0. The molecule has 2 unspecified atom stereocenters. The predicted molar refractivity (Wildman–Crippen MR) is 75.0 cm³/mol. The van der Waals surface area contributed by atoms with Gasteiger partial charge in [-0.25, -0.2) is 0 Å². The van der Waals surface area contributed by atoms with Gasteiger partial charge in [0.05, 0.1) is 11.8 Å². The van der Waals surface area contributed by atoms with Crippen LogP contribution in [0.4, 0.5) is 0 Å². The number of hydrogen-bond acceptors (Lipinski definition) is 2. The average Bonchev–Trinajstić information content (AvgIpc) is 3.31. The van der Waals surface area contributed by atoms with Crippen LogP contribution in [0.15, 0.2) is 0 Å². The maximum absolute atomic E-state index is 12.3. The summed E-state index contributed by atoms with van der Waals surface area (Å²) < 4.78 is 0. The summed E-state index contributed by atoms with van der Waals surface area (Å²) in [5.41, 5.74) is 0. The van der Waals surface area contributed by atoms with E-state index in [0.717, 1.165) is 37.6 Å². The van der Waals surface area contributed by atoms with Crippen LogP contribution in [0.2, 0.25) is 0 Å². The van der Waals surface area contributed by atoms with E-state index in [9.17, 15) is 14.7 Å². The number of carboxylic acids is 1. The third kappa shape index (κ3) is 3.15. The normalized spacial score (nSPS) is 30.2. The first-order valence-electron chi connectivity index (χ1n) is 8.17. The van der Waals surface area contributed by atoms with Gasteiger partial charge in [-0.2, -0.15) is 0 Å². The van der Waals surface area contributed by atoms with Gasteiger partial charge in [-0.1, -0.05) is 12.8 Å². The molecule has 0 aromatic carbocycles.